The van der Waals surface area contributed by atoms with Crippen molar-refractivity contribution in [3.05, 3.63) is 12.4 Å². The number of anilines is 2. The summed E-state index contributed by atoms with van der Waals surface area (Å²) < 4.78 is 24.9. The number of nitrogens with zero attached hydrogens (tertiary/aromatic N) is 2. The van der Waals surface area contributed by atoms with Crippen LogP contribution in [0.15, 0.2) is 12.4 Å². The molecule has 0 spiro atoms. The second-order valence-corrected chi connectivity index (χ2v) is 5.01. The van der Waals surface area contributed by atoms with Crippen LogP contribution < -0.4 is 15.8 Å². The van der Waals surface area contributed by atoms with E-state index in [2.05, 4.69) is 20.0 Å². The SMILES string of the molecule is CCNS(=O)(=O)CCNc1ncc(N)cn1. The normalized spacial score (nSPS) is 11.3. The third-order valence-electron chi connectivity index (χ3n) is 1.69. The van der Waals surface area contributed by atoms with Crippen molar-refractivity contribution in [3.63, 3.8) is 0 Å². The summed E-state index contributed by atoms with van der Waals surface area (Å²) in [5.41, 5.74) is 5.87. The summed E-state index contributed by atoms with van der Waals surface area (Å²) in [4.78, 5) is 7.76. The first-order valence-corrected chi connectivity index (χ1v) is 6.47. The fourth-order valence-electron chi connectivity index (χ4n) is 1.02. The highest BCUT2D eigenvalue weighted by Gasteiger charge is 2.07. The average Bonchev–Trinajstić information content (AvgIpc) is 2.20. The van der Waals surface area contributed by atoms with Gasteiger partial charge in [0.2, 0.25) is 16.0 Å². The molecule has 0 atom stereocenters. The molecule has 0 fully saturated rings. The molecule has 4 N–H and O–H groups in total. The number of sulfonamides is 1. The maximum atomic E-state index is 11.3. The summed E-state index contributed by atoms with van der Waals surface area (Å²) in [7, 11) is -3.20. The summed E-state index contributed by atoms with van der Waals surface area (Å²) in [6, 6.07) is 0. The number of nitrogens with two attached hydrogens (primary N) is 1. The Kier molecular flexibility index (Phi) is 4.44. The van der Waals surface area contributed by atoms with Crippen LogP contribution in [0.1, 0.15) is 6.92 Å². The molecule has 16 heavy (non-hydrogen) atoms. The van der Waals surface area contributed by atoms with Gasteiger partial charge in [0, 0.05) is 13.1 Å². The van der Waals surface area contributed by atoms with Crippen LogP contribution in [0.25, 0.3) is 0 Å². The molecule has 1 heterocycles. The molecule has 0 unspecified atom stereocenters. The summed E-state index contributed by atoms with van der Waals surface area (Å²) in [6.07, 6.45) is 2.91. The molecule has 1 aromatic heterocycles. The van der Waals surface area contributed by atoms with Crippen molar-refractivity contribution in [2.45, 2.75) is 6.92 Å². The first kappa shape index (κ1) is 12.7. The zero-order valence-electron chi connectivity index (χ0n) is 8.97. The maximum Gasteiger partial charge on any atom is 0.222 e. The number of hydrogen-bond acceptors (Lipinski definition) is 6. The van der Waals surface area contributed by atoms with E-state index in [1.807, 2.05) is 0 Å². The van der Waals surface area contributed by atoms with Gasteiger partial charge in [-0.25, -0.2) is 23.1 Å². The van der Waals surface area contributed by atoms with Crippen LogP contribution in [0.3, 0.4) is 0 Å². The van der Waals surface area contributed by atoms with Gasteiger partial charge in [-0.05, 0) is 0 Å². The minimum absolute atomic E-state index is 0.0193. The lowest BCUT2D eigenvalue weighted by Crippen LogP contribution is -2.29. The van der Waals surface area contributed by atoms with E-state index in [1.165, 1.54) is 12.4 Å². The molecular formula is C8H15N5O2S. The topological polar surface area (TPSA) is 110 Å². The summed E-state index contributed by atoms with van der Waals surface area (Å²) in [6.45, 7) is 2.37. The van der Waals surface area contributed by atoms with Crippen LogP contribution in [0.2, 0.25) is 0 Å². The highest BCUT2D eigenvalue weighted by molar-refractivity contribution is 7.89. The Morgan fingerprint density at radius 1 is 1.38 bits per heavy atom. The van der Waals surface area contributed by atoms with Crippen LogP contribution in [0.4, 0.5) is 11.6 Å². The molecule has 0 aliphatic carbocycles. The van der Waals surface area contributed by atoms with Crippen molar-refractivity contribution >= 4 is 21.7 Å². The Morgan fingerprint density at radius 3 is 2.56 bits per heavy atom. The van der Waals surface area contributed by atoms with Crippen molar-refractivity contribution < 1.29 is 8.42 Å². The van der Waals surface area contributed by atoms with Gasteiger partial charge in [0.15, 0.2) is 0 Å². The third-order valence-corrected chi connectivity index (χ3v) is 3.16. The smallest absolute Gasteiger partial charge is 0.222 e. The standard InChI is InChI=1S/C8H15N5O2S/c1-2-13-16(14,15)4-3-10-8-11-5-7(9)6-12-8/h5-6,13H,2-4,9H2,1H3,(H,10,11,12). The number of nitrogens with one attached hydrogen (secondary N) is 2. The van der Waals surface area contributed by atoms with Gasteiger partial charge in [0.05, 0.1) is 23.8 Å². The quantitative estimate of drug-likeness (QED) is 0.618. The van der Waals surface area contributed by atoms with E-state index >= 15 is 0 Å². The molecule has 90 valence electrons. The Balaban J connectivity index is 2.39. The molecule has 1 aromatic rings. The fraction of sp³-hybridized carbons (Fsp3) is 0.500. The third kappa shape index (κ3) is 4.41. The van der Waals surface area contributed by atoms with Gasteiger partial charge in [-0.2, -0.15) is 0 Å². The lowest BCUT2D eigenvalue weighted by Gasteiger charge is -2.05. The highest BCUT2D eigenvalue weighted by atomic mass is 32.2. The summed E-state index contributed by atoms with van der Waals surface area (Å²) >= 11 is 0. The zero-order valence-corrected chi connectivity index (χ0v) is 9.79. The molecule has 0 bridgehead atoms. The van der Waals surface area contributed by atoms with E-state index < -0.39 is 10.0 Å². The Morgan fingerprint density at radius 2 is 2.00 bits per heavy atom. The van der Waals surface area contributed by atoms with Crippen LogP contribution in [0, 0.1) is 0 Å². The van der Waals surface area contributed by atoms with Gasteiger partial charge in [-0.1, -0.05) is 6.92 Å². The lowest BCUT2D eigenvalue weighted by molar-refractivity contribution is 0.584. The van der Waals surface area contributed by atoms with Crippen LogP contribution >= 0.6 is 0 Å². The molecule has 0 aromatic carbocycles. The van der Waals surface area contributed by atoms with Gasteiger partial charge in [0.25, 0.3) is 0 Å². The Labute approximate surface area is 94.5 Å². The molecular weight excluding hydrogens is 230 g/mol. The van der Waals surface area contributed by atoms with E-state index in [0.717, 1.165) is 0 Å². The molecule has 0 saturated carbocycles. The van der Waals surface area contributed by atoms with Crippen molar-refractivity contribution in [3.8, 4) is 0 Å². The van der Waals surface area contributed by atoms with Crippen molar-refractivity contribution in [1.29, 1.82) is 0 Å². The second kappa shape index (κ2) is 5.61. The van der Waals surface area contributed by atoms with E-state index in [0.29, 0.717) is 18.2 Å². The van der Waals surface area contributed by atoms with Crippen LogP contribution in [0.5, 0.6) is 0 Å². The number of aromatic nitrogens is 2. The molecule has 7 nitrogen and oxygen atoms in total. The second-order valence-electron chi connectivity index (χ2n) is 3.08. The van der Waals surface area contributed by atoms with Gasteiger partial charge in [-0.15, -0.1) is 0 Å². The molecule has 0 radical (unpaired) electrons. The largest absolute Gasteiger partial charge is 0.396 e. The van der Waals surface area contributed by atoms with Gasteiger partial charge in [-0.3, -0.25) is 0 Å². The van der Waals surface area contributed by atoms with E-state index in [-0.39, 0.29) is 12.3 Å². The fourth-order valence-corrected chi connectivity index (χ4v) is 1.97. The first-order chi connectivity index (χ1) is 7.53. The van der Waals surface area contributed by atoms with Gasteiger partial charge < -0.3 is 11.1 Å². The molecule has 0 aliphatic rings. The number of rotatable bonds is 6. The molecule has 0 saturated heterocycles. The Hall–Kier alpha value is -1.41. The molecule has 8 heteroatoms. The molecule has 0 amide bonds. The first-order valence-electron chi connectivity index (χ1n) is 4.82. The van der Waals surface area contributed by atoms with Crippen molar-refractivity contribution in [2.75, 3.05) is 29.9 Å². The number of hydrogen-bond donors (Lipinski definition) is 3. The minimum Gasteiger partial charge on any atom is -0.396 e. The molecule has 0 aliphatic heterocycles. The maximum absolute atomic E-state index is 11.3. The lowest BCUT2D eigenvalue weighted by atomic mass is 10.6. The minimum atomic E-state index is -3.20. The monoisotopic (exact) mass is 245 g/mol. The van der Waals surface area contributed by atoms with E-state index in [1.54, 1.807) is 6.92 Å². The van der Waals surface area contributed by atoms with Crippen LogP contribution in [-0.4, -0.2) is 37.2 Å². The predicted molar refractivity (Wildman–Crippen MR) is 62.4 cm³/mol. The summed E-state index contributed by atoms with van der Waals surface area (Å²) in [5, 5.41) is 2.79. The zero-order chi connectivity index (χ0) is 12.0. The molecule has 1 rings (SSSR count). The Bertz CT molecular complexity index is 417. The van der Waals surface area contributed by atoms with Gasteiger partial charge in [0.1, 0.15) is 0 Å². The number of nitrogen functional groups attached to an aromatic ring is 1. The predicted octanol–water partition coefficient (Wildman–Crippen LogP) is -0.590. The van der Waals surface area contributed by atoms with E-state index in [9.17, 15) is 8.42 Å². The average molecular weight is 245 g/mol. The van der Waals surface area contributed by atoms with Crippen molar-refractivity contribution in [1.82, 2.24) is 14.7 Å². The van der Waals surface area contributed by atoms with E-state index in [4.69, 9.17) is 5.73 Å². The van der Waals surface area contributed by atoms with Crippen molar-refractivity contribution in [2.24, 2.45) is 0 Å². The van der Waals surface area contributed by atoms with Crippen LogP contribution in [-0.2, 0) is 10.0 Å². The highest BCUT2D eigenvalue weighted by Crippen LogP contribution is 2.00. The van der Waals surface area contributed by atoms with Gasteiger partial charge >= 0.3 is 0 Å². The summed E-state index contributed by atoms with van der Waals surface area (Å²) in [5.74, 6) is 0.343.